The minimum Gasteiger partial charge on any atom is -0.462 e. The topological polar surface area (TPSA) is 237 Å². The van der Waals surface area contributed by atoms with Gasteiger partial charge in [-0.05, 0) is 43.4 Å². The highest BCUT2D eigenvalue weighted by atomic mass is 31.2. The van der Waals surface area contributed by atoms with Gasteiger partial charge < -0.3 is 33.8 Å². The third kappa shape index (κ3) is 63.2. The third-order valence-electron chi connectivity index (χ3n) is 16.5. The summed E-state index contributed by atoms with van der Waals surface area (Å²) in [5.74, 6) is 0.170. The number of carbonyl (C=O) groups excluding carboxylic acids is 4. The molecule has 528 valence electrons. The first-order chi connectivity index (χ1) is 42.8. The zero-order valence-electron chi connectivity index (χ0n) is 57.9. The summed E-state index contributed by atoms with van der Waals surface area (Å²) in [6.07, 6.45) is 44.5. The van der Waals surface area contributed by atoms with Gasteiger partial charge in [0.05, 0.1) is 26.4 Å². The number of unbranched alkanes of at least 4 members (excludes halogenated alkanes) is 35. The van der Waals surface area contributed by atoms with Crippen LogP contribution < -0.4 is 0 Å². The summed E-state index contributed by atoms with van der Waals surface area (Å²) in [6, 6.07) is 0. The van der Waals surface area contributed by atoms with E-state index in [1.54, 1.807) is 0 Å². The second-order valence-electron chi connectivity index (χ2n) is 26.5. The highest BCUT2D eigenvalue weighted by Gasteiger charge is 2.30. The lowest BCUT2D eigenvalue weighted by molar-refractivity contribution is -0.161. The normalized spacial score (nSPS) is 14.5. The molecule has 0 fully saturated rings. The summed E-state index contributed by atoms with van der Waals surface area (Å²) in [6.45, 7) is 11.8. The largest absolute Gasteiger partial charge is 0.472 e. The number of ether oxygens (including phenoxy) is 4. The molecular weight excluding hydrogens is 1170 g/mol. The molecule has 0 aliphatic heterocycles. The molecule has 17 nitrogen and oxygen atoms in total. The van der Waals surface area contributed by atoms with Gasteiger partial charge in [-0.25, -0.2) is 9.13 Å². The first-order valence-corrected chi connectivity index (χ1v) is 39.4. The van der Waals surface area contributed by atoms with Crippen molar-refractivity contribution in [2.24, 2.45) is 17.8 Å². The van der Waals surface area contributed by atoms with E-state index in [2.05, 4.69) is 48.5 Å². The molecule has 0 saturated carbocycles. The van der Waals surface area contributed by atoms with Crippen molar-refractivity contribution in [3.8, 4) is 0 Å². The number of aliphatic hydroxyl groups excluding tert-OH is 1. The summed E-state index contributed by atoms with van der Waals surface area (Å²) in [5.41, 5.74) is 0. The fourth-order valence-electron chi connectivity index (χ4n) is 10.5. The van der Waals surface area contributed by atoms with Crippen LogP contribution in [0, 0.1) is 17.8 Å². The van der Waals surface area contributed by atoms with E-state index in [1.165, 1.54) is 154 Å². The summed E-state index contributed by atoms with van der Waals surface area (Å²) in [4.78, 5) is 72.4. The van der Waals surface area contributed by atoms with Crippen molar-refractivity contribution in [1.29, 1.82) is 0 Å². The van der Waals surface area contributed by atoms with E-state index in [4.69, 9.17) is 37.0 Å². The van der Waals surface area contributed by atoms with E-state index in [0.717, 1.165) is 108 Å². The highest BCUT2D eigenvalue weighted by molar-refractivity contribution is 7.47. The van der Waals surface area contributed by atoms with Crippen LogP contribution in [0.2, 0.25) is 0 Å². The smallest absolute Gasteiger partial charge is 0.462 e. The zero-order valence-corrected chi connectivity index (χ0v) is 59.7. The Bertz CT molecular complexity index is 1750. The Kier molecular flexibility index (Phi) is 59.6. The standard InChI is InChI=1S/C70H136O17P2/c1-8-10-11-12-13-30-37-44-51-67(72)80-57-66(87-70(75)54-47-40-33-26-28-35-42-49-62(5)6)60-85-89(78,79)83-56-64(71)55-82-88(76,77)84-59-65(58-81-68(73)52-45-38-31-24-21-20-23-29-36-43-50-63(7)9-2)86-69(74)53-46-39-32-25-19-17-15-14-16-18-22-27-34-41-48-61(3)4/h61-66,71H,8-60H2,1-7H3,(H,76,77)(H,78,79)/t63?,64-,65-,66-/m1/s1. The van der Waals surface area contributed by atoms with Crippen LogP contribution in [0.25, 0.3) is 0 Å². The molecular formula is C70H136O17P2. The third-order valence-corrected chi connectivity index (χ3v) is 18.4. The average Bonchev–Trinajstić information content (AvgIpc) is 3.69. The van der Waals surface area contributed by atoms with Crippen molar-refractivity contribution < 1.29 is 80.2 Å². The highest BCUT2D eigenvalue weighted by Crippen LogP contribution is 2.45. The molecule has 0 saturated heterocycles. The number of hydrogen-bond acceptors (Lipinski definition) is 15. The summed E-state index contributed by atoms with van der Waals surface area (Å²) in [5, 5.41) is 10.6. The van der Waals surface area contributed by atoms with Gasteiger partial charge >= 0.3 is 39.5 Å². The Morgan fingerprint density at radius 3 is 0.854 bits per heavy atom. The van der Waals surface area contributed by atoms with Crippen molar-refractivity contribution >= 4 is 39.5 Å². The lowest BCUT2D eigenvalue weighted by Gasteiger charge is -2.21. The number of carbonyl (C=O) groups is 4. The fourth-order valence-corrected chi connectivity index (χ4v) is 12.1. The average molecular weight is 1310 g/mol. The van der Waals surface area contributed by atoms with E-state index < -0.39 is 97.5 Å². The van der Waals surface area contributed by atoms with Gasteiger partial charge in [-0.1, -0.05) is 299 Å². The number of hydrogen-bond donors (Lipinski definition) is 3. The van der Waals surface area contributed by atoms with Crippen LogP contribution in [-0.2, 0) is 65.4 Å². The van der Waals surface area contributed by atoms with Crippen LogP contribution >= 0.6 is 15.6 Å². The Morgan fingerprint density at radius 1 is 0.326 bits per heavy atom. The SMILES string of the molecule is CCCCCCCCCCC(=O)OC[C@H](COP(=O)(O)OC[C@H](O)COP(=O)(O)OC[C@@H](COC(=O)CCCCCCCCCCCCC(C)CC)OC(=O)CCCCCCCCCCCCCCCCC(C)C)OC(=O)CCCCCCCCCC(C)C. The molecule has 0 aromatic carbocycles. The van der Waals surface area contributed by atoms with Gasteiger partial charge in [0, 0.05) is 25.7 Å². The second kappa shape index (κ2) is 61.0. The maximum absolute atomic E-state index is 13.0. The van der Waals surface area contributed by atoms with E-state index in [1.807, 2.05) is 0 Å². The summed E-state index contributed by atoms with van der Waals surface area (Å²) in [7, 11) is -9.90. The summed E-state index contributed by atoms with van der Waals surface area (Å²) >= 11 is 0. The second-order valence-corrected chi connectivity index (χ2v) is 29.4. The quantitative estimate of drug-likeness (QED) is 0.0222. The monoisotopic (exact) mass is 1310 g/mol. The van der Waals surface area contributed by atoms with Crippen molar-refractivity contribution in [2.75, 3.05) is 39.6 Å². The molecule has 6 atom stereocenters. The molecule has 0 aromatic heterocycles. The van der Waals surface area contributed by atoms with Crippen LogP contribution in [0.5, 0.6) is 0 Å². The minimum atomic E-state index is -4.95. The molecule has 0 bridgehead atoms. The molecule has 89 heavy (non-hydrogen) atoms. The molecule has 0 aliphatic rings. The Morgan fingerprint density at radius 2 is 0.573 bits per heavy atom. The lowest BCUT2D eigenvalue weighted by atomic mass is 9.99. The predicted molar refractivity (Wildman–Crippen MR) is 358 cm³/mol. The maximum atomic E-state index is 13.0. The van der Waals surface area contributed by atoms with Crippen molar-refractivity contribution in [1.82, 2.24) is 0 Å². The molecule has 0 amide bonds. The van der Waals surface area contributed by atoms with Crippen LogP contribution in [0.4, 0.5) is 0 Å². The molecule has 0 rings (SSSR count). The number of aliphatic hydroxyl groups is 1. The molecule has 0 aromatic rings. The molecule has 0 aliphatic carbocycles. The van der Waals surface area contributed by atoms with E-state index in [0.29, 0.717) is 31.6 Å². The number of phosphoric ester groups is 2. The summed E-state index contributed by atoms with van der Waals surface area (Å²) < 4.78 is 68.2. The van der Waals surface area contributed by atoms with Gasteiger partial charge in [0.1, 0.15) is 19.3 Å². The predicted octanol–water partition coefficient (Wildman–Crippen LogP) is 19.8. The Labute approximate surface area is 543 Å². The minimum absolute atomic E-state index is 0.103. The molecule has 0 heterocycles. The number of esters is 4. The van der Waals surface area contributed by atoms with Crippen molar-refractivity contribution in [3.63, 3.8) is 0 Å². The van der Waals surface area contributed by atoms with Crippen LogP contribution in [-0.4, -0.2) is 96.7 Å². The van der Waals surface area contributed by atoms with Gasteiger partial charge in [0.2, 0.25) is 0 Å². The molecule has 0 radical (unpaired) electrons. The molecule has 19 heteroatoms. The van der Waals surface area contributed by atoms with Gasteiger partial charge in [-0.3, -0.25) is 37.3 Å². The number of phosphoric acid groups is 2. The Balaban J connectivity index is 5.22. The van der Waals surface area contributed by atoms with E-state index >= 15 is 0 Å². The molecule has 3 N–H and O–H groups in total. The zero-order chi connectivity index (χ0) is 65.9. The van der Waals surface area contributed by atoms with Crippen molar-refractivity contribution in [2.45, 2.75) is 369 Å². The van der Waals surface area contributed by atoms with Crippen molar-refractivity contribution in [3.05, 3.63) is 0 Å². The molecule has 0 spiro atoms. The van der Waals surface area contributed by atoms with Gasteiger partial charge in [0.25, 0.3) is 0 Å². The van der Waals surface area contributed by atoms with Gasteiger partial charge in [0.15, 0.2) is 12.2 Å². The number of rotatable bonds is 68. The molecule has 3 unspecified atom stereocenters. The Hall–Kier alpha value is -1.94. The maximum Gasteiger partial charge on any atom is 0.472 e. The van der Waals surface area contributed by atoms with E-state index in [9.17, 15) is 43.2 Å². The van der Waals surface area contributed by atoms with Gasteiger partial charge in [-0.15, -0.1) is 0 Å². The fraction of sp³-hybridized carbons (Fsp3) is 0.943. The van der Waals surface area contributed by atoms with Crippen LogP contribution in [0.15, 0.2) is 0 Å². The first kappa shape index (κ1) is 87.1. The first-order valence-electron chi connectivity index (χ1n) is 36.4. The van der Waals surface area contributed by atoms with Crippen LogP contribution in [0.1, 0.15) is 350 Å². The van der Waals surface area contributed by atoms with Crippen LogP contribution in [0.3, 0.4) is 0 Å². The van der Waals surface area contributed by atoms with E-state index in [-0.39, 0.29) is 25.7 Å². The lowest BCUT2D eigenvalue weighted by Crippen LogP contribution is -2.30. The van der Waals surface area contributed by atoms with Gasteiger partial charge in [-0.2, -0.15) is 0 Å².